The molecule has 1 aromatic rings. The van der Waals surface area contributed by atoms with Gasteiger partial charge >= 0.3 is 12.6 Å². The summed E-state index contributed by atoms with van der Waals surface area (Å²) in [6, 6.07) is 4.73. The van der Waals surface area contributed by atoms with Gasteiger partial charge in [0.1, 0.15) is 0 Å². The third kappa shape index (κ3) is 6.40. The monoisotopic (exact) mass is 303 g/mol. The van der Waals surface area contributed by atoms with E-state index in [1.54, 1.807) is 19.1 Å². The molecule has 0 atom stereocenters. The fourth-order valence-electron chi connectivity index (χ4n) is 1.65. The lowest BCUT2D eigenvalue weighted by atomic mass is 10.2. The predicted octanol–water partition coefficient (Wildman–Crippen LogP) is 2.34. The lowest BCUT2D eigenvalue weighted by Crippen LogP contribution is -2.18. The van der Waals surface area contributed by atoms with Gasteiger partial charge in [0.25, 0.3) is 0 Å². The lowest BCUT2D eigenvalue weighted by Gasteiger charge is -2.13. The molecule has 0 unspecified atom stereocenters. The minimum Gasteiger partial charge on any atom is -0.490 e. The topological polar surface area (TPSA) is 56.8 Å². The van der Waals surface area contributed by atoms with Gasteiger partial charge < -0.3 is 19.5 Å². The number of esters is 1. The van der Waals surface area contributed by atoms with Gasteiger partial charge in [-0.3, -0.25) is 4.79 Å². The summed E-state index contributed by atoms with van der Waals surface area (Å²) >= 11 is 0. The molecule has 0 heterocycles. The van der Waals surface area contributed by atoms with Crippen LogP contribution in [-0.2, 0) is 16.1 Å². The molecule has 0 aliphatic heterocycles. The highest BCUT2D eigenvalue weighted by Crippen LogP contribution is 2.29. The first kappa shape index (κ1) is 17.2. The molecule has 21 heavy (non-hydrogen) atoms. The average Bonchev–Trinajstić information content (AvgIpc) is 2.45. The van der Waals surface area contributed by atoms with Crippen molar-refractivity contribution >= 4 is 5.97 Å². The number of carbonyl (C=O) groups excluding carboxylic acids is 1. The van der Waals surface area contributed by atoms with Crippen molar-refractivity contribution < 1.29 is 27.8 Å². The van der Waals surface area contributed by atoms with E-state index in [4.69, 9.17) is 4.74 Å². The molecule has 118 valence electrons. The number of benzene rings is 1. The van der Waals surface area contributed by atoms with Crippen molar-refractivity contribution in [3.05, 3.63) is 23.8 Å². The smallest absolute Gasteiger partial charge is 0.387 e. The molecule has 0 amide bonds. The van der Waals surface area contributed by atoms with E-state index in [1.165, 1.54) is 13.2 Å². The summed E-state index contributed by atoms with van der Waals surface area (Å²) in [4.78, 5) is 10.9. The van der Waals surface area contributed by atoms with E-state index in [0.29, 0.717) is 19.7 Å². The Morgan fingerprint density at radius 1 is 1.33 bits per heavy atom. The summed E-state index contributed by atoms with van der Waals surface area (Å²) in [7, 11) is 1.33. The van der Waals surface area contributed by atoms with Gasteiger partial charge in [0.05, 0.1) is 20.1 Å². The maximum Gasteiger partial charge on any atom is 0.387 e. The first-order valence-corrected chi connectivity index (χ1v) is 6.54. The van der Waals surface area contributed by atoms with Crippen LogP contribution < -0.4 is 14.8 Å². The molecule has 0 saturated heterocycles. The zero-order valence-corrected chi connectivity index (χ0v) is 12.0. The van der Waals surface area contributed by atoms with E-state index in [2.05, 4.69) is 14.8 Å². The van der Waals surface area contributed by atoms with Gasteiger partial charge in [-0.1, -0.05) is 6.07 Å². The summed E-state index contributed by atoms with van der Waals surface area (Å²) in [6.45, 7) is 0.151. The second-order valence-electron chi connectivity index (χ2n) is 4.10. The van der Waals surface area contributed by atoms with Crippen LogP contribution >= 0.6 is 0 Å². The van der Waals surface area contributed by atoms with Crippen molar-refractivity contribution in [1.82, 2.24) is 5.32 Å². The van der Waals surface area contributed by atoms with Crippen molar-refractivity contribution in [1.29, 1.82) is 0 Å². The fraction of sp³-hybridized carbons (Fsp3) is 0.500. The number of halogens is 2. The third-order valence-corrected chi connectivity index (χ3v) is 2.59. The molecule has 0 saturated carbocycles. The van der Waals surface area contributed by atoms with Crippen LogP contribution in [0.1, 0.15) is 18.9 Å². The van der Waals surface area contributed by atoms with E-state index in [9.17, 15) is 13.6 Å². The first-order valence-electron chi connectivity index (χ1n) is 6.54. The Morgan fingerprint density at radius 3 is 2.71 bits per heavy atom. The minimum absolute atomic E-state index is 0.00478. The molecule has 0 fully saturated rings. The molecule has 0 aromatic heterocycles. The molecule has 7 heteroatoms. The van der Waals surface area contributed by atoms with E-state index in [1.807, 2.05) is 0 Å². The summed E-state index contributed by atoms with van der Waals surface area (Å²) in [5, 5.41) is 3.05. The Labute approximate surface area is 122 Å². The number of rotatable bonds is 9. The highest BCUT2D eigenvalue weighted by Gasteiger charge is 2.11. The predicted molar refractivity (Wildman–Crippen MR) is 72.6 cm³/mol. The molecule has 0 aliphatic carbocycles. The lowest BCUT2D eigenvalue weighted by molar-refractivity contribution is -0.140. The van der Waals surface area contributed by atoms with E-state index in [0.717, 1.165) is 5.56 Å². The zero-order chi connectivity index (χ0) is 15.7. The molecule has 0 radical (unpaired) electrons. The second kappa shape index (κ2) is 9.12. The van der Waals surface area contributed by atoms with Crippen molar-refractivity contribution in [2.24, 2.45) is 0 Å². The van der Waals surface area contributed by atoms with Crippen molar-refractivity contribution in [3.8, 4) is 11.5 Å². The Morgan fingerprint density at radius 2 is 2.10 bits per heavy atom. The van der Waals surface area contributed by atoms with Crippen LogP contribution in [0.2, 0.25) is 0 Å². The number of ether oxygens (including phenoxy) is 3. The molecule has 1 rings (SSSR count). The summed E-state index contributed by atoms with van der Waals surface area (Å²) in [6.07, 6.45) is 0.265. The van der Waals surface area contributed by atoms with Crippen LogP contribution in [0.4, 0.5) is 8.78 Å². The highest BCUT2D eigenvalue weighted by atomic mass is 19.3. The van der Waals surface area contributed by atoms with Crippen LogP contribution in [0.15, 0.2) is 18.2 Å². The Bertz CT molecular complexity index is 455. The van der Waals surface area contributed by atoms with Crippen molar-refractivity contribution in [2.45, 2.75) is 26.5 Å². The Balaban J connectivity index is 2.58. The zero-order valence-electron chi connectivity index (χ0n) is 12.0. The largest absolute Gasteiger partial charge is 0.490 e. The number of alkyl halides is 2. The summed E-state index contributed by atoms with van der Waals surface area (Å²) in [5.74, 6) is -0.0200. The van der Waals surface area contributed by atoms with Gasteiger partial charge in [0, 0.05) is 13.1 Å². The summed E-state index contributed by atoms with van der Waals surface area (Å²) in [5.41, 5.74) is 0.838. The molecule has 0 aliphatic rings. The number of nitrogens with one attached hydrogen (secondary N) is 1. The highest BCUT2D eigenvalue weighted by molar-refractivity contribution is 5.69. The fourth-order valence-corrected chi connectivity index (χ4v) is 1.65. The van der Waals surface area contributed by atoms with Gasteiger partial charge in [-0.15, -0.1) is 0 Å². The van der Waals surface area contributed by atoms with E-state index < -0.39 is 6.61 Å². The maximum absolute atomic E-state index is 12.3. The number of carbonyl (C=O) groups is 1. The van der Waals surface area contributed by atoms with E-state index in [-0.39, 0.29) is 23.9 Å². The number of hydrogen-bond acceptors (Lipinski definition) is 5. The Hall–Kier alpha value is -1.89. The van der Waals surface area contributed by atoms with Crippen molar-refractivity contribution in [2.75, 3.05) is 20.3 Å². The molecule has 0 bridgehead atoms. The molecule has 5 nitrogen and oxygen atoms in total. The maximum atomic E-state index is 12.3. The first-order chi connectivity index (χ1) is 10.1. The van der Waals surface area contributed by atoms with Gasteiger partial charge in [-0.2, -0.15) is 8.78 Å². The van der Waals surface area contributed by atoms with Gasteiger partial charge in [0.15, 0.2) is 11.5 Å². The second-order valence-corrected chi connectivity index (χ2v) is 4.10. The molecule has 1 N–H and O–H groups in total. The third-order valence-electron chi connectivity index (χ3n) is 2.59. The van der Waals surface area contributed by atoms with Crippen LogP contribution in [0.25, 0.3) is 0 Å². The quantitative estimate of drug-likeness (QED) is 0.560. The van der Waals surface area contributed by atoms with E-state index >= 15 is 0 Å². The minimum atomic E-state index is -2.90. The molecule has 0 spiro atoms. The molecule has 1 aromatic carbocycles. The molecular formula is C14H19F2NO4. The van der Waals surface area contributed by atoms with Gasteiger partial charge in [-0.25, -0.2) is 0 Å². The normalized spacial score (nSPS) is 10.5. The Kier molecular flexibility index (Phi) is 7.45. The average molecular weight is 303 g/mol. The SMILES string of the molecule is CCOc1cc(CNCCC(=O)OC)ccc1OC(F)F. The standard InChI is InChI=1S/C14H19F2NO4/c1-3-20-12-8-10(4-5-11(12)21-14(15)16)9-17-7-6-13(18)19-2/h4-5,8,14,17H,3,6-7,9H2,1-2H3. The van der Waals surface area contributed by atoms with Gasteiger partial charge in [-0.05, 0) is 24.6 Å². The number of hydrogen-bond donors (Lipinski definition) is 1. The number of methoxy groups -OCH3 is 1. The molecular weight excluding hydrogens is 284 g/mol. The summed E-state index contributed by atoms with van der Waals surface area (Å²) < 4.78 is 38.7. The van der Waals surface area contributed by atoms with Crippen LogP contribution in [0.5, 0.6) is 11.5 Å². The van der Waals surface area contributed by atoms with Gasteiger partial charge in [0.2, 0.25) is 0 Å². The van der Waals surface area contributed by atoms with Crippen molar-refractivity contribution in [3.63, 3.8) is 0 Å². The van der Waals surface area contributed by atoms with Crippen LogP contribution in [-0.4, -0.2) is 32.8 Å². The van der Waals surface area contributed by atoms with Crippen LogP contribution in [0, 0.1) is 0 Å². The van der Waals surface area contributed by atoms with Crippen LogP contribution in [0.3, 0.4) is 0 Å².